The zero-order valence-corrected chi connectivity index (χ0v) is 13.9. The molecule has 132 valence electrons. The predicted molar refractivity (Wildman–Crippen MR) is 86.7 cm³/mol. The molecule has 3 N–H and O–H groups in total. The van der Waals surface area contributed by atoms with E-state index in [1.54, 1.807) is 4.90 Å². The largest absolute Gasteiger partial charge is 0.390 e. The van der Waals surface area contributed by atoms with Crippen LogP contribution in [-0.4, -0.2) is 58.3 Å². The van der Waals surface area contributed by atoms with Gasteiger partial charge in [0.1, 0.15) is 0 Å². The minimum Gasteiger partial charge on any atom is -0.390 e. The van der Waals surface area contributed by atoms with Crippen molar-refractivity contribution < 1.29 is 19.8 Å². The Morgan fingerprint density at radius 2 is 1.57 bits per heavy atom. The van der Waals surface area contributed by atoms with Crippen molar-refractivity contribution in [3.63, 3.8) is 0 Å². The maximum absolute atomic E-state index is 12.1. The number of aliphatic hydroxyl groups excluding tert-OH is 2. The van der Waals surface area contributed by atoms with Crippen LogP contribution in [-0.2, 0) is 9.59 Å². The van der Waals surface area contributed by atoms with E-state index in [9.17, 15) is 19.8 Å². The van der Waals surface area contributed by atoms with Gasteiger partial charge in [0, 0.05) is 32.0 Å². The molecule has 0 unspecified atom stereocenters. The molecule has 1 aliphatic heterocycles. The van der Waals surface area contributed by atoms with Crippen LogP contribution in [0.15, 0.2) is 0 Å². The third-order valence-electron chi connectivity index (χ3n) is 4.94. The number of piperidine rings is 1. The quantitative estimate of drug-likeness (QED) is 0.717. The molecule has 1 heterocycles. The zero-order chi connectivity index (χ0) is 16.7. The van der Waals surface area contributed by atoms with Gasteiger partial charge in [-0.2, -0.15) is 0 Å². The van der Waals surface area contributed by atoms with E-state index in [0.29, 0.717) is 13.0 Å². The van der Waals surface area contributed by atoms with E-state index >= 15 is 0 Å². The molecule has 2 rings (SSSR count). The minimum atomic E-state index is -0.878. The second-order valence-electron chi connectivity index (χ2n) is 6.87. The highest BCUT2D eigenvalue weighted by Gasteiger charge is 2.28. The van der Waals surface area contributed by atoms with Gasteiger partial charge < -0.3 is 20.4 Å². The molecule has 0 aromatic rings. The Labute approximate surface area is 138 Å². The highest BCUT2D eigenvalue weighted by atomic mass is 16.3. The van der Waals surface area contributed by atoms with Crippen molar-refractivity contribution in [3.05, 3.63) is 0 Å². The molecule has 2 amide bonds. The smallest absolute Gasteiger partial charge is 0.223 e. The number of amides is 2. The van der Waals surface area contributed by atoms with E-state index in [1.165, 1.54) is 19.3 Å². The van der Waals surface area contributed by atoms with Crippen molar-refractivity contribution in [3.8, 4) is 0 Å². The van der Waals surface area contributed by atoms with Gasteiger partial charge >= 0.3 is 0 Å². The van der Waals surface area contributed by atoms with Gasteiger partial charge in [-0.1, -0.05) is 32.1 Å². The molecule has 0 aromatic heterocycles. The average molecular weight is 326 g/mol. The first-order chi connectivity index (χ1) is 11.1. The van der Waals surface area contributed by atoms with Crippen LogP contribution in [0.1, 0.15) is 64.2 Å². The molecule has 6 heteroatoms. The summed E-state index contributed by atoms with van der Waals surface area (Å²) in [5, 5.41) is 22.1. The van der Waals surface area contributed by atoms with Crippen LogP contribution in [0.2, 0.25) is 0 Å². The predicted octanol–water partition coefficient (Wildman–Crippen LogP) is 0.950. The Kier molecular flexibility index (Phi) is 7.30. The number of aliphatic hydroxyl groups is 2. The van der Waals surface area contributed by atoms with Crippen molar-refractivity contribution in [2.45, 2.75) is 82.5 Å². The maximum Gasteiger partial charge on any atom is 0.223 e. The van der Waals surface area contributed by atoms with Crippen LogP contribution >= 0.6 is 0 Å². The summed E-state index contributed by atoms with van der Waals surface area (Å²) in [5.74, 6) is -0.176. The van der Waals surface area contributed by atoms with Gasteiger partial charge in [0.25, 0.3) is 0 Å². The Morgan fingerprint density at radius 1 is 0.913 bits per heavy atom. The maximum atomic E-state index is 12.1. The summed E-state index contributed by atoms with van der Waals surface area (Å²) in [7, 11) is 0. The lowest BCUT2D eigenvalue weighted by Gasteiger charge is -2.33. The first-order valence-corrected chi connectivity index (χ1v) is 8.99. The number of rotatable bonds is 4. The van der Waals surface area contributed by atoms with Crippen LogP contribution in [0.4, 0.5) is 0 Å². The fourth-order valence-electron chi connectivity index (χ4n) is 3.42. The summed E-state index contributed by atoms with van der Waals surface area (Å²) < 4.78 is 0. The molecule has 0 spiro atoms. The Morgan fingerprint density at radius 3 is 2.22 bits per heavy atom. The summed E-state index contributed by atoms with van der Waals surface area (Å²) >= 11 is 0. The first-order valence-electron chi connectivity index (χ1n) is 8.99. The molecule has 6 nitrogen and oxygen atoms in total. The summed E-state index contributed by atoms with van der Waals surface area (Å²) in [6, 6.07) is 0.254. The monoisotopic (exact) mass is 326 g/mol. The second kappa shape index (κ2) is 9.23. The van der Waals surface area contributed by atoms with Gasteiger partial charge in [0.15, 0.2) is 0 Å². The SMILES string of the molecule is O=C(CCC(=O)N1CC[C@H](O)[C@@H](O)C1)NC1CCCCCCC1. The lowest BCUT2D eigenvalue weighted by atomic mass is 9.96. The molecule has 1 saturated heterocycles. The summed E-state index contributed by atoms with van der Waals surface area (Å²) in [5.41, 5.74) is 0. The van der Waals surface area contributed by atoms with Crippen molar-refractivity contribution in [2.75, 3.05) is 13.1 Å². The van der Waals surface area contributed by atoms with E-state index in [4.69, 9.17) is 0 Å². The van der Waals surface area contributed by atoms with Gasteiger partial charge in [-0.15, -0.1) is 0 Å². The van der Waals surface area contributed by atoms with E-state index in [2.05, 4.69) is 5.32 Å². The van der Waals surface area contributed by atoms with Crippen LogP contribution in [0.3, 0.4) is 0 Å². The Balaban J connectivity index is 1.68. The number of carbonyl (C=O) groups is 2. The summed E-state index contributed by atoms with van der Waals surface area (Å²) in [6.07, 6.45) is 7.32. The standard InChI is InChI=1S/C17H30N2O4/c20-14-10-11-19(12-15(14)21)17(23)9-8-16(22)18-13-6-4-2-1-3-5-7-13/h13-15,20-21H,1-12H2,(H,18,22)/t14-,15-/m0/s1. The van der Waals surface area contributed by atoms with E-state index in [-0.39, 0.29) is 37.2 Å². The molecule has 1 saturated carbocycles. The molecule has 0 bridgehead atoms. The number of nitrogens with zero attached hydrogens (tertiary/aromatic N) is 1. The van der Waals surface area contributed by atoms with Crippen LogP contribution in [0.5, 0.6) is 0 Å². The fourth-order valence-corrected chi connectivity index (χ4v) is 3.42. The van der Waals surface area contributed by atoms with Crippen LogP contribution in [0.25, 0.3) is 0 Å². The van der Waals surface area contributed by atoms with Gasteiger partial charge in [-0.3, -0.25) is 9.59 Å². The van der Waals surface area contributed by atoms with Gasteiger partial charge in [0.05, 0.1) is 12.2 Å². The molecule has 0 radical (unpaired) electrons. The minimum absolute atomic E-state index is 0.0542. The van der Waals surface area contributed by atoms with Gasteiger partial charge in [-0.05, 0) is 19.3 Å². The van der Waals surface area contributed by atoms with Gasteiger partial charge in [-0.25, -0.2) is 0 Å². The average Bonchev–Trinajstić information content (AvgIpc) is 2.50. The van der Waals surface area contributed by atoms with Crippen LogP contribution < -0.4 is 5.32 Å². The van der Waals surface area contributed by atoms with E-state index in [0.717, 1.165) is 25.7 Å². The second-order valence-corrected chi connectivity index (χ2v) is 6.87. The lowest BCUT2D eigenvalue weighted by molar-refractivity contribution is -0.139. The van der Waals surface area contributed by atoms with Gasteiger partial charge in [0.2, 0.25) is 11.8 Å². The molecule has 23 heavy (non-hydrogen) atoms. The van der Waals surface area contributed by atoms with Crippen molar-refractivity contribution >= 4 is 11.8 Å². The number of hydrogen-bond acceptors (Lipinski definition) is 4. The number of nitrogens with one attached hydrogen (secondary N) is 1. The summed E-state index contributed by atoms with van der Waals surface area (Å²) in [6.45, 7) is 0.603. The number of likely N-dealkylation sites (tertiary alicyclic amines) is 1. The molecule has 0 aromatic carbocycles. The van der Waals surface area contributed by atoms with Crippen LogP contribution in [0, 0.1) is 0 Å². The Hall–Kier alpha value is -1.14. The number of carbonyl (C=O) groups excluding carboxylic acids is 2. The molecular weight excluding hydrogens is 296 g/mol. The highest BCUT2D eigenvalue weighted by Crippen LogP contribution is 2.17. The Bertz CT molecular complexity index is 394. The number of hydrogen-bond donors (Lipinski definition) is 3. The van der Waals surface area contributed by atoms with Crippen molar-refractivity contribution in [2.24, 2.45) is 0 Å². The van der Waals surface area contributed by atoms with Crippen molar-refractivity contribution in [1.29, 1.82) is 0 Å². The van der Waals surface area contributed by atoms with E-state index in [1.807, 2.05) is 0 Å². The topological polar surface area (TPSA) is 89.9 Å². The molecule has 2 fully saturated rings. The lowest BCUT2D eigenvalue weighted by Crippen LogP contribution is -2.49. The third kappa shape index (κ3) is 6.11. The molecule has 1 aliphatic carbocycles. The molecular formula is C17H30N2O4. The van der Waals surface area contributed by atoms with Crippen molar-refractivity contribution in [1.82, 2.24) is 10.2 Å². The van der Waals surface area contributed by atoms with E-state index < -0.39 is 12.2 Å². The third-order valence-corrected chi connectivity index (χ3v) is 4.94. The molecule has 2 atom stereocenters. The number of β-amino-alcohol motifs (C(OH)–C–C–N with tert-alkyl or cyclic N) is 1. The molecule has 2 aliphatic rings. The fraction of sp³-hybridized carbons (Fsp3) is 0.882. The zero-order valence-electron chi connectivity index (χ0n) is 13.9. The summed E-state index contributed by atoms with van der Waals surface area (Å²) in [4.78, 5) is 25.7. The first kappa shape index (κ1) is 18.2. The normalized spacial score (nSPS) is 27.1. The highest BCUT2D eigenvalue weighted by molar-refractivity contribution is 5.84.